The first-order valence-electron chi connectivity index (χ1n) is 5.70. The highest BCUT2D eigenvalue weighted by Crippen LogP contribution is 2.24. The van der Waals surface area contributed by atoms with Gasteiger partial charge in [-0.2, -0.15) is 0 Å². The largest absolute Gasteiger partial charge is 0.377 e. The van der Waals surface area contributed by atoms with Crippen LogP contribution in [-0.4, -0.2) is 30.8 Å². The molecule has 1 aliphatic rings. The molecule has 0 aromatic rings. The van der Waals surface area contributed by atoms with Crippen LogP contribution in [-0.2, 0) is 4.74 Å². The lowest BCUT2D eigenvalue weighted by molar-refractivity contribution is 0.0885. The van der Waals surface area contributed by atoms with Gasteiger partial charge in [0.05, 0.1) is 6.10 Å². The predicted octanol–water partition coefficient (Wildman–Crippen LogP) is 1.27. The van der Waals surface area contributed by atoms with E-state index in [0.717, 1.165) is 32.4 Å². The number of hydrogen-bond donors (Lipinski definition) is 2. The average Bonchev–Trinajstić information content (AvgIpc) is 2.47. The van der Waals surface area contributed by atoms with Gasteiger partial charge in [0.1, 0.15) is 0 Å². The van der Waals surface area contributed by atoms with Gasteiger partial charge in [-0.15, -0.1) is 0 Å². The topological polar surface area (TPSA) is 47.3 Å². The molecule has 0 radical (unpaired) electrons. The second-order valence-electron chi connectivity index (χ2n) is 4.56. The standard InChI is InChI=1S/C11H24N2O/c1-4-10(12)5-7-13-11(3)6-8-14-9(11)2/h9-10,13H,4-8,12H2,1-3H3. The van der Waals surface area contributed by atoms with Crippen molar-refractivity contribution in [3.05, 3.63) is 0 Å². The second-order valence-corrected chi connectivity index (χ2v) is 4.56. The first-order valence-corrected chi connectivity index (χ1v) is 5.70. The van der Waals surface area contributed by atoms with Gasteiger partial charge in [0.25, 0.3) is 0 Å². The fourth-order valence-corrected chi connectivity index (χ4v) is 1.81. The molecule has 0 amide bonds. The van der Waals surface area contributed by atoms with Crippen molar-refractivity contribution >= 4 is 0 Å². The van der Waals surface area contributed by atoms with Crippen LogP contribution in [0.3, 0.4) is 0 Å². The van der Waals surface area contributed by atoms with Gasteiger partial charge in [-0.3, -0.25) is 0 Å². The van der Waals surface area contributed by atoms with E-state index in [1.807, 2.05) is 0 Å². The fraction of sp³-hybridized carbons (Fsp3) is 1.00. The molecule has 0 aromatic heterocycles. The van der Waals surface area contributed by atoms with E-state index in [2.05, 4.69) is 26.1 Å². The molecule has 1 fully saturated rings. The summed E-state index contributed by atoms with van der Waals surface area (Å²) in [4.78, 5) is 0. The molecule has 1 aliphatic heterocycles. The molecular formula is C11H24N2O. The summed E-state index contributed by atoms with van der Waals surface area (Å²) < 4.78 is 5.56. The van der Waals surface area contributed by atoms with Crippen LogP contribution in [0.2, 0.25) is 0 Å². The Morgan fingerprint density at radius 1 is 1.64 bits per heavy atom. The summed E-state index contributed by atoms with van der Waals surface area (Å²) in [5.41, 5.74) is 6.02. The van der Waals surface area contributed by atoms with Crippen LogP contribution >= 0.6 is 0 Å². The van der Waals surface area contributed by atoms with Gasteiger partial charge in [0, 0.05) is 18.2 Å². The Morgan fingerprint density at radius 2 is 2.36 bits per heavy atom. The zero-order valence-electron chi connectivity index (χ0n) is 9.68. The Bertz CT molecular complexity index is 175. The van der Waals surface area contributed by atoms with Crippen molar-refractivity contribution in [2.75, 3.05) is 13.2 Å². The molecule has 3 heteroatoms. The minimum atomic E-state index is 0.160. The molecule has 0 aliphatic carbocycles. The van der Waals surface area contributed by atoms with Crippen molar-refractivity contribution in [2.24, 2.45) is 5.73 Å². The third kappa shape index (κ3) is 2.94. The number of rotatable bonds is 5. The molecule has 1 heterocycles. The third-order valence-corrected chi connectivity index (χ3v) is 3.45. The van der Waals surface area contributed by atoms with Gasteiger partial charge in [-0.05, 0) is 39.7 Å². The maximum Gasteiger partial charge on any atom is 0.0726 e. The van der Waals surface area contributed by atoms with Crippen LogP contribution in [0.5, 0.6) is 0 Å². The van der Waals surface area contributed by atoms with Crippen LogP contribution in [0.1, 0.15) is 40.0 Å². The molecule has 0 aromatic carbocycles. The van der Waals surface area contributed by atoms with E-state index in [0.29, 0.717) is 12.1 Å². The number of ether oxygens (including phenoxy) is 1. The zero-order valence-corrected chi connectivity index (χ0v) is 9.68. The lowest BCUT2D eigenvalue weighted by atomic mass is 9.94. The highest BCUT2D eigenvalue weighted by molar-refractivity contribution is 4.93. The van der Waals surface area contributed by atoms with E-state index in [4.69, 9.17) is 10.5 Å². The zero-order chi connectivity index (χ0) is 10.6. The van der Waals surface area contributed by atoms with Crippen LogP contribution < -0.4 is 11.1 Å². The SMILES string of the molecule is CCC(N)CCNC1(C)CCOC1C. The van der Waals surface area contributed by atoms with Crippen LogP contribution in [0, 0.1) is 0 Å². The summed E-state index contributed by atoms with van der Waals surface area (Å²) in [7, 11) is 0. The molecule has 0 saturated carbocycles. The molecule has 3 nitrogen and oxygen atoms in total. The van der Waals surface area contributed by atoms with Crippen molar-refractivity contribution < 1.29 is 4.74 Å². The molecule has 0 bridgehead atoms. The molecular weight excluding hydrogens is 176 g/mol. The Hall–Kier alpha value is -0.120. The van der Waals surface area contributed by atoms with Gasteiger partial charge in [-0.25, -0.2) is 0 Å². The summed E-state index contributed by atoms with van der Waals surface area (Å²) in [5, 5.41) is 3.57. The molecule has 0 spiro atoms. The minimum Gasteiger partial charge on any atom is -0.377 e. The number of nitrogens with two attached hydrogens (primary N) is 1. The lowest BCUT2D eigenvalue weighted by Crippen LogP contribution is -2.48. The minimum absolute atomic E-state index is 0.160. The average molecular weight is 200 g/mol. The van der Waals surface area contributed by atoms with Crippen molar-refractivity contribution in [3.63, 3.8) is 0 Å². The Labute approximate surface area is 87.4 Å². The number of hydrogen-bond acceptors (Lipinski definition) is 3. The van der Waals surface area contributed by atoms with Gasteiger partial charge >= 0.3 is 0 Å². The molecule has 14 heavy (non-hydrogen) atoms. The third-order valence-electron chi connectivity index (χ3n) is 3.45. The first kappa shape index (κ1) is 12.0. The van der Waals surface area contributed by atoms with E-state index >= 15 is 0 Å². The van der Waals surface area contributed by atoms with Crippen molar-refractivity contribution in [1.82, 2.24) is 5.32 Å². The van der Waals surface area contributed by atoms with Crippen LogP contribution in [0.25, 0.3) is 0 Å². The maximum absolute atomic E-state index is 5.86. The normalized spacial score (nSPS) is 34.7. The molecule has 84 valence electrons. The van der Waals surface area contributed by atoms with Crippen LogP contribution in [0.15, 0.2) is 0 Å². The predicted molar refractivity (Wildman–Crippen MR) is 59.3 cm³/mol. The van der Waals surface area contributed by atoms with E-state index < -0.39 is 0 Å². The maximum atomic E-state index is 5.86. The summed E-state index contributed by atoms with van der Waals surface area (Å²) in [6.07, 6.45) is 3.54. The highest BCUT2D eigenvalue weighted by Gasteiger charge is 2.36. The van der Waals surface area contributed by atoms with Gasteiger partial charge in [-0.1, -0.05) is 6.92 Å². The van der Waals surface area contributed by atoms with E-state index in [1.54, 1.807) is 0 Å². The highest BCUT2D eigenvalue weighted by atomic mass is 16.5. The summed E-state index contributed by atoms with van der Waals surface area (Å²) in [6, 6.07) is 0.337. The summed E-state index contributed by atoms with van der Waals surface area (Å²) >= 11 is 0. The molecule has 1 rings (SSSR count). The molecule has 3 N–H and O–H groups in total. The molecule has 3 unspecified atom stereocenters. The first-order chi connectivity index (χ1) is 6.58. The Morgan fingerprint density at radius 3 is 2.86 bits per heavy atom. The quantitative estimate of drug-likeness (QED) is 0.702. The molecule has 1 saturated heterocycles. The van der Waals surface area contributed by atoms with Crippen molar-refractivity contribution in [3.8, 4) is 0 Å². The van der Waals surface area contributed by atoms with Gasteiger partial charge in [0.2, 0.25) is 0 Å². The molecule has 3 atom stereocenters. The van der Waals surface area contributed by atoms with Crippen molar-refractivity contribution in [2.45, 2.75) is 57.7 Å². The van der Waals surface area contributed by atoms with E-state index in [9.17, 15) is 0 Å². The van der Waals surface area contributed by atoms with Gasteiger partial charge < -0.3 is 15.8 Å². The summed E-state index contributed by atoms with van der Waals surface area (Å²) in [6.45, 7) is 8.39. The second kappa shape index (κ2) is 5.10. The monoisotopic (exact) mass is 200 g/mol. The van der Waals surface area contributed by atoms with Crippen molar-refractivity contribution in [1.29, 1.82) is 0 Å². The Kier molecular flexibility index (Phi) is 4.35. The van der Waals surface area contributed by atoms with E-state index in [1.165, 1.54) is 0 Å². The summed E-state index contributed by atoms with van der Waals surface area (Å²) in [5.74, 6) is 0. The van der Waals surface area contributed by atoms with Gasteiger partial charge in [0.15, 0.2) is 0 Å². The van der Waals surface area contributed by atoms with Crippen LogP contribution in [0.4, 0.5) is 0 Å². The smallest absolute Gasteiger partial charge is 0.0726 e. The lowest BCUT2D eigenvalue weighted by Gasteiger charge is -2.29. The fourth-order valence-electron chi connectivity index (χ4n) is 1.81. The number of nitrogens with one attached hydrogen (secondary N) is 1. The Balaban J connectivity index is 2.23. The van der Waals surface area contributed by atoms with E-state index in [-0.39, 0.29) is 5.54 Å².